The van der Waals surface area contributed by atoms with E-state index in [9.17, 15) is 4.79 Å². The lowest BCUT2D eigenvalue weighted by Gasteiger charge is -2.22. The summed E-state index contributed by atoms with van der Waals surface area (Å²) in [6.45, 7) is 1.58. The van der Waals surface area contributed by atoms with Crippen molar-refractivity contribution < 1.29 is 28.5 Å². The van der Waals surface area contributed by atoms with E-state index >= 15 is 0 Å². The van der Waals surface area contributed by atoms with Gasteiger partial charge in [0.25, 0.3) is 0 Å². The number of methoxy groups -OCH3 is 1. The summed E-state index contributed by atoms with van der Waals surface area (Å²) in [5.74, 6) is 2.65. The molecule has 7 heteroatoms. The van der Waals surface area contributed by atoms with E-state index in [2.05, 4.69) is 24.3 Å². The smallest absolute Gasteiger partial charge is 0.341 e. The maximum Gasteiger partial charge on any atom is 0.341 e. The molecule has 1 aliphatic carbocycles. The number of rotatable bonds is 10. The number of benzene rings is 3. The van der Waals surface area contributed by atoms with Crippen molar-refractivity contribution in [3.05, 3.63) is 83.7 Å². The summed E-state index contributed by atoms with van der Waals surface area (Å²) in [4.78, 5) is 15.6. The monoisotopic (exact) mass is 527 g/mol. The molecule has 1 fully saturated rings. The topological polar surface area (TPSA) is 91.0 Å². The van der Waals surface area contributed by atoms with Gasteiger partial charge < -0.3 is 23.7 Å². The van der Waals surface area contributed by atoms with Crippen LogP contribution >= 0.6 is 0 Å². The van der Waals surface area contributed by atoms with Gasteiger partial charge in [-0.2, -0.15) is 0 Å². The van der Waals surface area contributed by atoms with Crippen molar-refractivity contribution in [2.24, 2.45) is 0 Å². The lowest BCUT2D eigenvalue weighted by Crippen LogP contribution is -2.10. The molecule has 1 saturated carbocycles. The van der Waals surface area contributed by atoms with E-state index in [4.69, 9.17) is 28.7 Å². The molecule has 202 valence electrons. The number of hydrogen-bond donors (Lipinski definition) is 1. The van der Waals surface area contributed by atoms with Crippen LogP contribution in [0, 0.1) is 6.92 Å². The van der Waals surface area contributed by atoms with Gasteiger partial charge in [-0.05, 0) is 79.3 Å². The minimum atomic E-state index is -1.02. The van der Waals surface area contributed by atoms with E-state index in [1.807, 2.05) is 31.2 Å². The van der Waals surface area contributed by atoms with E-state index in [1.165, 1.54) is 37.7 Å². The molecule has 0 atom stereocenters. The molecule has 3 aromatic carbocycles. The van der Waals surface area contributed by atoms with Gasteiger partial charge in [0, 0.05) is 11.1 Å². The summed E-state index contributed by atoms with van der Waals surface area (Å²) in [7, 11) is 1.65. The second-order valence-electron chi connectivity index (χ2n) is 9.87. The average Bonchev–Trinajstić information content (AvgIpc) is 3.40. The third-order valence-electron chi connectivity index (χ3n) is 7.14. The highest BCUT2D eigenvalue weighted by Crippen LogP contribution is 2.37. The molecule has 0 spiro atoms. The van der Waals surface area contributed by atoms with Crippen LogP contribution in [-0.2, 0) is 11.4 Å². The number of nitrogens with zero attached hydrogens (tertiary/aromatic N) is 1. The van der Waals surface area contributed by atoms with Crippen molar-refractivity contribution >= 4 is 5.97 Å². The zero-order valence-corrected chi connectivity index (χ0v) is 22.3. The molecule has 39 heavy (non-hydrogen) atoms. The normalized spacial score (nSPS) is 13.7. The van der Waals surface area contributed by atoms with Crippen molar-refractivity contribution in [2.75, 3.05) is 13.7 Å². The maximum atomic E-state index is 10.8. The zero-order chi connectivity index (χ0) is 27.2. The first-order valence-electron chi connectivity index (χ1n) is 13.3. The highest BCUT2D eigenvalue weighted by Gasteiger charge is 2.20. The molecule has 0 saturated heterocycles. The summed E-state index contributed by atoms with van der Waals surface area (Å²) in [5.41, 5.74) is 4.80. The average molecular weight is 528 g/mol. The van der Waals surface area contributed by atoms with Crippen LogP contribution in [0.15, 0.2) is 71.1 Å². The van der Waals surface area contributed by atoms with Gasteiger partial charge in [0.15, 0.2) is 19.0 Å². The first-order valence-corrected chi connectivity index (χ1v) is 13.3. The summed E-state index contributed by atoms with van der Waals surface area (Å²) in [6.07, 6.45) is 6.46. The standard InChI is InChI=1S/C32H33NO6/c1-21-18-27(16-17-28(21)38-20-30(34)35)37-19-29-33-31(24-12-14-26(36-2)15-13-24)32(39-29)25-10-8-23(9-11-25)22-6-4-3-5-7-22/h8-18,22H,3-7,19-20H2,1-2H3,(H,34,35). The Balaban J connectivity index is 1.38. The van der Waals surface area contributed by atoms with E-state index < -0.39 is 12.6 Å². The first kappa shape index (κ1) is 26.4. The van der Waals surface area contributed by atoms with Crippen molar-refractivity contribution in [3.8, 4) is 39.8 Å². The van der Waals surface area contributed by atoms with Crippen molar-refractivity contribution in [3.63, 3.8) is 0 Å². The fourth-order valence-electron chi connectivity index (χ4n) is 5.07. The Morgan fingerprint density at radius 1 is 0.923 bits per heavy atom. The SMILES string of the molecule is COc1ccc(-c2nc(COc3ccc(OCC(=O)O)c(C)c3)oc2-c2ccc(C3CCCCC3)cc2)cc1. The molecule has 5 rings (SSSR count). The first-order chi connectivity index (χ1) is 19.0. The quantitative estimate of drug-likeness (QED) is 0.229. The molecule has 1 aromatic heterocycles. The van der Waals surface area contributed by atoms with Gasteiger partial charge in [0.2, 0.25) is 5.89 Å². The molecule has 0 bridgehead atoms. The van der Waals surface area contributed by atoms with E-state index in [0.29, 0.717) is 29.1 Å². The summed E-state index contributed by atoms with van der Waals surface area (Å²) in [5, 5.41) is 8.85. The van der Waals surface area contributed by atoms with Crippen LogP contribution in [0.3, 0.4) is 0 Å². The van der Waals surface area contributed by atoms with Crippen molar-refractivity contribution in [1.82, 2.24) is 4.98 Å². The van der Waals surface area contributed by atoms with Crippen molar-refractivity contribution in [2.45, 2.75) is 51.6 Å². The zero-order valence-electron chi connectivity index (χ0n) is 22.3. The van der Waals surface area contributed by atoms with E-state index in [1.54, 1.807) is 25.3 Å². The molecule has 7 nitrogen and oxygen atoms in total. The lowest BCUT2D eigenvalue weighted by atomic mass is 9.84. The molecular formula is C32H33NO6. The van der Waals surface area contributed by atoms with Gasteiger partial charge in [-0.3, -0.25) is 0 Å². The van der Waals surface area contributed by atoms with Gasteiger partial charge in [-0.25, -0.2) is 9.78 Å². The molecule has 1 aliphatic rings. The second-order valence-corrected chi connectivity index (χ2v) is 9.87. The van der Waals surface area contributed by atoms with E-state index in [-0.39, 0.29) is 6.61 Å². The molecular weight excluding hydrogens is 494 g/mol. The van der Waals surface area contributed by atoms with Crippen LogP contribution in [0.4, 0.5) is 0 Å². The number of carboxylic acid groups (broad SMARTS) is 1. The predicted octanol–water partition coefficient (Wildman–Crippen LogP) is 7.42. The van der Waals surface area contributed by atoms with Crippen LogP contribution < -0.4 is 14.2 Å². The largest absolute Gasteiger partial charge is 0.497 e. The highest BCUT2D eigenvalue weighted by molar-refractivity contribution is 5.77. The third-order valence-corrected chi connectivity index (χ3v) is 7.14. The number of carboxylic acids is 1. The Morgan fingerprint density at radius 2 is 1.62 bits per heavy atom. The highest BCUT2D eigenvalue weighted by atomic mass is 16.5. The van der Waals surface area contributed by atoms with Crippen molar-refractivity contribution in [1.29, 1.82) is 0 Å². The Labute approximate surface area is 228 Å². The molecule has 0 amide bonds. The second kappa shape index (κ2) is 12.1. The Hall–Kier alpha value is -4.26. The molecule has 4 aromatic rings. The molecule has 0 aliphatic heterocycles. The van der Waals surface area contributed by atoms with Gasteiger partial charge >= 0.3 is 5.97 Å². The number of aryl methyl sites for hydroxylation is 1. The van der Waals surface area contributed by atoms with Crippen LogP contribution in [0.1, 0.15) is 55.0 Å². The fraction of sp³-hybridized carbons (Fsp3) is 0.312. The Bertz CT molecular complexity index is 1400. The maximum absolute atomic E-state index is 10.8. The van der Waals surface area contributed by atoms with Gasteiger partial charge in [-0.1, -0.05) is 43.5 Å². The summed E-state index contributed by atoms with van der Waals surface area (Å²) >= 11 is 0. The third kappa shape index (κ3) is 6.42. The number of ether oxygens (including phenoxy) is 3. The predicted molar refractivity (Wildman–Crippen MR) is 148 cm³/mol. The fourth-order valence-corrected chi connectivity index (χ4v) is 5.07. The summed E-state index contributed by atoms with van der Waals surface area (Å²) in [6, 6.07) is 21.7. The molecule has 1 N–H and O–H groups in total. The number of aromatic nitrogens is 1. The number of aliphatic carboxylic acids is 1. The van der Waals surface area contributed by atoms with Crippen LogP contribution in [0.5, 0.6) is 17.2 Å². The minimum Gasteiger partial charge on any atom is -0.497 e. The number of oxazole rings is 1. The van der Waals surface area contributed by atoms with Crippen LogP contribution in [0.2, 0.25) is 0 Å². The van der Waals surface area contributed by atoms with Gasteiger partial charge in [0.1, 0.15) is 22.9 Å². The van der Waals surface area contributed by atoms with E-state index in [0.717, 1.165) is 28.1 Å². The Kier molecular flexibility index (Phi) is 8.16. The molecule has 1 heterocycles. The van der Waals surface area contributed by atoms with Crippen LogP contribution in [-0.4, -0.2) is 29.8 Å². The molecule has 0 radical (unpaired) electrons. The van der Waals surface area contributed by atoms with Gasteiger partial charge in [-0.15, -0.1) is 0 Å². The minimum absolute atomic E-state index is 0.137. The van der Waals surface area contributed by atoms with Crippen LogP contribution in [0.25, 0.3) is 22.6 Å². The van der Waals surface area contributed by atoms with Gasteiger partial charge in [0.05, 0.1) is 7.11 Å². The number of hydrogen-bond acceptors (Lipinski definition) is 6. The summed E-state index contributed by atoms with van der Waals surface area (Å²) < 4.78 is 22.9. The Morgan fingerprint density at radius 3 is 2.28 bits per heavy atom. The lowest BCUT2D eigenvalue weighted by molar-refractivity contribution is -0.139. The molecule has 0 unspecified atom stereocenters. The number of carbonyl (C=O) groups is 1.